The Bertz CT molecular complexity index is 2810. The van der Waals surface area contributed by atoms with Crippen molar-refractivity contribution >= 4 is 77.3 Å². The molecule has 1 fully saturated rings. The Morgan fingerprint density at radius 1 is 0.866 bits per heavy atom. The maximum atomic E-state index is 12.9. The lowest BCUT2D eigenvalue weighted by molar-refractivity contribution is -0.437. The normalized spacial score (nSPS) is 19.6. The molecule has 2 amide bonds. The zero-order chi connectivity index (χ0) is 49.1. The molecule has 0 aromatic heterocycles. The molecule has 2 N–H and O–H groups in total. The maximum Gasteiger partial charge on any atom is 0.334 e. The quantitative estimate of drug-likeness (QED) is 0.0462. The first-order valence-electron chi connectivity index (χ1n) is 21.1. The highest BCUT2D eigenvalue weighted by Gasteiger charge is 2.45. The van der Waals surface area contributed by atoms with Crippen LogP contribution in [0.25, 0.3) is 0 Å². The van der Waals surface area contributed by atoms with E-state index >= 15 is 0 Å². The SMILES string of the molecule is CC1(C)C(/C=C/C2=C(NCCC(=O)ON3C(=O)CCC3=O)C(=C/C=C3\N(CCCS(=O)(=O)[O-])c4ccc(S(=O)(=O)[O-])cc4C3(C)C)/CCC2)=[N+](CCCS(=O)(=O)[O-])c2ccc(SOOO)cc21. The van der Waals surface area contributed by atoms with Gasteiger partial charge in [-0.3, -0.25) is 9.59 Å². The predicted octanol–water partition coefficient (Wildman–Crippen LogP) is 4.46. The van der Waals surface area contributed by atoms with Crippen LogP contribution in [0, 0.1) is 0 Å². The Kier molecular flexibility index (Phi) is 15.8. The molecule has 3 aliphatic heterocycles. The topological polar surface area (TPSA) is 292 Å². The summed E-state index contributed by atoms with van der Waals surface area (Å²) in [6, 6.07) is 9.31. The Morgan fingerprint density at radius 2 is 1.55 bits per heavy atom. The molecule has 3 heterocycles. The van der Waals surface area contributed by atoms with E-state index in [0.29, 0.717) is 51.9 Å². The minimum Gasteiger partial charge on any atom is -0.748 e. The van der Waals surface area contributed by atoms with E-state index < -0.39 is 75.4 Å². The van der Waals surface area contributed by atoms with Crippen molar-refractivity contribution in [3.05, 3.63) is 94.4 Å². The lowest BCUT2D eigenvalue weighted by Crippen LogP contribution is -2.33. The summed E-state index contributed by atoms with van der Waals surface area (Å²) in [5, 5.41) is 16.3. The van der Waals surface area contributed by atoms with Crippen LogP contribution in [0.5, 0.6) is 0 Å². The highest BCUT2D eigenvalue weighted by Crippen LogP contribution is 2.49. The smallest absolute Gasteiger partial charge is 0.334 e. The second-order valence-corrected chi connectivity index (χ2v) is 22.5. The number of hydroxylamine groups is 2. The predicted molar refractivity (Wildman–Crippen MR) is 239 cm³/mol. The van der Waals surface area contributed by atoms with E-state index in [1.165, 1.54) is 18.2 Å². The molecule has 0 atom stereocenters. The molecule has 24 heteroatoms. The molecule has 0 bridgehead atoms. The van der Waals surface area contributed by atoms with Crippen LogP contribution in [0.4, 0.5) is 11.4 Å². The summed E-state index contributed by atoms with van der Waals surface area (Å²) in [5.41, 5.74) is 4.48. The van der Waals surface area contributed by atoms with Crippen molar-refractivity contribution in [3.63, 3.8) is 0 Å². The van der Waals surface area contributed by atoms with Gasteiger partial charge < -0.3 is 28.7 Å². The summed E-state index contributed by atoms with van der Waals surface area (Å²) in [5.74, 6) is -3.33. The highest BCUT2D eigenvalue weighted by atomic mass is 32.2. The zero-order valence-electron chi connectivity index (χ0n) is 37.0. The average molecular weight is 1010 g/mol. The van der Waals surface area contributed by atoms with Crippen LogP contribution in [-0.2, 0) is 69.8 Å². The number of rotatable bonds is 20. The van der Waals surface area contributed by atoms with Gasteiger partial charge in [0.15, 0.2) is 5.71 Å². The van der Waals surface area contributed by atoms with Crippen LogP contribution in [0.15, 0.2) is 93.0 Å². The Morgan fingerprint density at radius 3 is 2.21 bits per heavy atom. The van der Waals surface area contributed by atoms with E-state index in [1.54, 1.807) is 17.0 Å². The van der Waals surface area contributed by atoms with E-state index in [1.807, 2.05) is 62.6 Å². The van der Waals surface area contributed by atoms with Crippen molar-refractivity contribution in [2.45, 2.75) is 99.7 Å². The van der Waals surface area contributed by atoms with Crippen LogP contribution in [0.2, 0.25) is 0 Å². The van der Waals surface area contributed by atoms with E-state index in [4.69, 9.17) is 10.1 Å². The molecule has 2 aromatic rings. The van der Waals surface area contributed by atoms with Crippen molar-refractivity contribution in [2.75, 3.05) is 36.0 Å². The second-order valence-electron chi connectivity index (χ2n) is 17.3. The molecule has 67 heavy (non-hydrogen) atoms. The summed E-state index contributed by atoms with van der Waals surface area (Å²) in [4.78, 5) is 44.2. The van der Waals surface area contributed by atoms with Gasteiger partial charge in [0, 0.05) is 89.0 Å². The van der Waals surface area contributed by atoms with E-state index in [9.17, 15) is 53.3 Å². The van der Waals surface area contributed by atoms with Gasteiger partial charge >= 0.3 is 5.97 Å². The Balaban J connectivity index is 1.42. The van der Waals surface area contributed by atoms with Crippen LogP contribution in [0.3, 0.4) is 0 Å². The van der Waals surface area contributed by atoms with E-state index in [0.717, 1.165) is 40.2 Å². The molecule has 6 rings (SSSR count). The van der Waals surface area contributed by atoms with Gasteiger partial charge in [0.25, 0.3) is 11.8 Å². The number of carbonyl (C=O) groups is 3. The van der Waals surface area contributed by atoms with Gasteiger partial charge in [0.2, 0.25) is 5.69 Å². The van der Waals surface area contributed by atoms with Gasteiger partial charge in [-0.25, -0.2) is 35.3 Å². The summed E-state index contributed by atoms with van der Waals surface area (Å²) in [7, 11) is -13.9. The molecule has 1 saturated heterocycles. The van der Waals surface area contributed by atoms with Crippen LogP contribution >= 0.6 is 12.0 Å². The molecular weight excluding hydrogens is 957 g/mol. The summed E-state index contributed by atoms with van der Waals surface area (Å²) in [6.07, 6.45) is 8.72. The Labute approximate surface area is 393 Å². The first-order valence-corrected chi connectivity index (χ1v) is 26.4. The van der Waals surface area contributed by atoms with Gasteiger partial charge in [0.1, 0.15) is 16.7 Å². The van der Waals surface area contributed by atoms with Gasteiger partial charge in [-0.05, 0) is 92.6 Å². The van der Waals surface area contributed by atoms with Crippen molar-refractivity contribution in [1.82, 2.24) is 10.4 Å². The highest BCUT2D eigenvalue weighted by molar-refractivity contribution is 7.94. The van der Waals surface area contributed by atoms with E-state index in [-0.39, 0.29) is 51.7 Å². The largest absolute Gasteiger partial charge is 0.748 e. The number of fused-ring (bicyclic) bond motifs is 2. The first-order chi connectivity index (χ1) is 31.3. The number of imide groups is 1. The van der Waals surface area contributed by atoms with Gasteiger partial charge in [-0.15, -0.1) is 9.40 Å². The monoisotopic (exact) mass is 1010 g/mol. The summed E-state index contributed by atoms with van der Waals surface area (Å²) < 4.78 is 113. The molecule has 0 unspecified atom stereocenters. The molecular formula is C43H50N4O16S4-2. The number of hydrogen-bond donors (Lipinski definition) is 2. The van der Waals surface area contributed by atoms with Crippen molar-refractivity contribution in [1.29, 1.82) is 0 Å². The fourth-order valence-corrected chi connectivity index (χ4v) is 10.7. The fraction of sp³-hybridized carbons (Fsp3) is 0.442. The number of amides is 2. The molecule has 0 spiro atoms. The summed E-state index contributed by atoms with van der Waals surface area (Å²) in [6.45, 7) is 7.81. The van der Waals surface area contributed by atoms with Crippen LogP contribution in [-0.4, -0.2) is 108 Å². The third-order valence-electron chi connectivity index (χ3n) is 12.0. The second kappa shape index (κ2) is 20.5. The molecule has 1 aliphatic carbocycles. The average Bonchev–Trinajstić information content (AvgIpc) is 3.74. The number of nitrogens with one attached hydrogen (secondary N) is 1. The lowest BCUT2D eigenvalue weighted by atomic mass is 9.81. The number of hydrogen-bond acceptors (Lipinski definition) is 19. The molecule has 0 saturated carbocycles. The lowest BCUT2D eigenvalue weighted by Gasteiger charge is -2.28. The minimum atomic E-state index is -4.84. The number of carbonyl (C=O) groups excluding carboxylic acids is 3. The number of anilines is 1. The van der Waals surface area contributed by atoms with Gasteiger partial charge in [0.05, 0.1) is 49.0 Å². The van der Waals surface area contributed by atoms with E-state index in [2.05, 4.69) is 14.7 Å². The van der Waals surface area contributed by atoms with Crippen LogP contribution < -0.4 is 10.2 Å². The molecule has 20 nitrogen and oxygen atoms in total. The fourth-order valence-electron chi connectivity index (χ4n) is 8.79. The standard InChI is InChI=1S/C43H52N4O16S4/c1-42(2)32-26-30(64-63-62-51)12-14-34(32)45(22-6-24-65(52,53)54)36(42)16-10-28-8-5-9-29(41(28)44-21-20-40(50)61-47-38(48)18-19-39(47)49)11-17-37-43(3,4)33-27-31(67(58,59)60)13-15-35(33)46(37)23-7-25-66(55,56)57/h10-17,26-27H,5-9,18-25H2,1-4H3,(H4,51,52,53,54,55,56,57,58,59,60)/p-2/b29-11+,37-17-. The zero-order valence-corrected chi connectivity index (χ0v) is 40.3. The molecule has 4 aliphatic rings. The third kappa shape index (κ3) is 12.3. The first kappa shape index (κ1) is 51.6. The van der Waals surface area contributed by atoms with Crippen molar-refractivity contribution < 1.29 is 77.3 Å². The molecule has 0 radical (unpaired) electrons. The van der Waals surface area contributed by atoms with Crippen LogP contribution in [0.1, 0.15) is 90.2 Å². The van der Waals surface area contributed by atoms with Crippen molar-refractivity contribution in [3.8, 4) is 0 Å². The summed E-state index contributed by atoms with van der Waals surface area (Å²) >= 11 is 0.772. The van der Waals surface area contributed by atoms with Gasteiger partial charge in [-0.2, -0.15) is 4.58 Å². The van der Waals surface area contributed by atoms with Crippen molar-refractivity contribution in [2.24, 2.45) is 0 Å². The molecule has 2 aromatic carbocycles. The number of allylic oxidation sites excluding steroid dienone is 7. The third-order valence-corrected chi connectivity index (χ3v) is 15.0. The Hall–Kier alpha value is -4.76. The number of benzene rings is 2. The minimum absolute atomic E-state index is 0.00180. The maximum absolute atomic E-state index is 12.9. The van der Waals surface area contributed by atoms with Gasteiger partial charge in [-0.1, -0.05) is 31.0 Å². The number of nitrogens with zero attached hydrogens (tertiary/aromatic N) is 3. The molecule has 364 valence electrons.